The fourth-order valence-electron chi connectivity index (χ4n) is 1.47. The second kappa shape index (κ2) is 3.86. The van der Waals surface area contributed by atoms with E-state index in [0.717, 1.165) is 0 Å². The number of phenolic OH excluding ortho intramolecular Hbond substituents is 1. The van der Waals surface area contributed by atoms with Crippen LogP contribution in [-0.4, -0.2) is 22.4 Å². The zero-order chi connectivity index (χ0) is 11.7. The van der Waals surface area contributed by atoms with Gasteiger partial charge in [-0.2, -0.15) is 0 Å². The first-order chi connectivity index (χ1) is 7.56. The van der Waals surface area contributed by atoms with Gasteiger partial charge in [0.05, 0.1) is 5.70 Å². The number of carbonyl (C=O) groups excluding carboxylic acids is 1. The van der Waals surface area contributed by atoms with Gasteiger partial charge in [0, 0.05) is 18.6 Å². The molecule has 0 spiro atoms. The number of aliphatic hydroxyl groups excluding tert-OH is 1. The molecule has 84 valence electrons. The Balaban J connectivity index is 2.36. The zero-order valence-corrected chi connectivity index (χ0v) is 8.60. The van der Waals surface area contributed by atoms with Crippen molar-refractivity contribution in [1.29, 1.82) is 0 Å². The maximum atomic E-state index is 10.9. The average molecular weight is 221 g/mol. The van der Waals surface area contributed by atoms with Crippen molar-refractivity contribution in [2.45, 2.75) is 13.2 Å². The lowest BCUT2D eigenvalue weighted by Gasteiger charge is -2.23. The predicted octanol–water partition coefficient (Wildman–Crippen LogP) is 0.580. The number of rotatable bonds is 1. The van der Waals surface area contributed by atoms with E-state index in [1.807, 2.05) is 0 Å². The average Bonchev–Trinajstić information content (AvgIpc) is 2.19. The van der Waals surface area contributed by atoms with Crippen molar-refractivity contribution in [2.75, 3.05) is 0 Å². The van der Waals surface area contributed by atoms with Gasteiger partial charge < -0.3 is 20.3 Å². The number of amides is 1. The minimum Gasteiger partial charge on any atom is -0.508 e. The molecule has 0 saturated carbocycles. The number of fused-ring (bicyclic) bond motifs is 1. The monoisotopic (exact) mass is 221 g/mol. The summed E-state index contributed by atoms with van der Waals surface area (Å²) in [7, 11) is 0. The van der Waals surface area contributed by atoms with E-state index in [9.17, 15) is 15.0 Å². The SMILES string of the molecule is CC(=O)NC1=Cc2ccc(O)cc2OC1O. The van der Waals surface area contributed by atoms with E-state index < -0.39 is 6.29 Å². The van der Waals surface area contributed by atoms with Gasteiger partial charge in [0.2, 0.25) is 12.2 Å². The molecule has 1 amide bonds. The largest absolute Gasteiger partial charge is 0.508 e. The molecule has 1 heterocycles. The van der Waals surface area contributed by atoms with Crippen LogP contribution in [0.25, 0.3) is 6.08 Å². The van der Waals surface area contributed by atoms with Crippen molar-refractivity contribution in [2.24, 2.45) is 0 Å². The number of ether oxygens (including phenoxy) is 1. The fourth-order valence-corrected chi connectivity index (χ4v) is 1.47. The van der Waals surface area contributed by atoms with Gasteiger partial charge >= 0.3 is 0 Å². The van der Waals surface area contributed by atoms with Gasteiger partial charge in [-0.25, -0.2) is 0 Å². The van der Waals surface area contributed by atoms with E-state index in [2.05, 4.69) is 5.32 Å². The lowest BCUT2D eigenvalue weighted by Crippen LogP contribution is -2.33. The highest BCUT2D eigenvalue weighted by molar-refractivity contribution is 5.77. The first-order valence-corrected chi connectivity index (χ1v) is 4.73. The Kier molecular flexibility index (Phi) is 2.54. The normalized spacial score (nSPS) is 18.1. The fraction of sp³-hybridized carbons (Fsp3) is 0.182. The van der Waals surface area contributed by atoms with Gasteiger partial charge in [-0.05, 0) is 18.2 Å². The Morgan fingerprint density at radius 3 is 2.94 bits per heavy atom. The number of hydrogen-bond acceptors (Lipinski definition) is 4. The summed E-state index contributed by atoms with van der Waals surface area (Å²) < 4.78 is 5.14. The van der Waals surface area contributed by atoms with Crippen molar-refractivity contribution >= 4 is 12.0 Å². The first-order valence-electron chi connectivity index (χ1n) is 4.73. The highest BCUT2D eigenvalue weighted by atomic mass is 16.6. The van der Waals surface area contributed by atoms with E-state index in [1.54, 1.807) is 12.1 Å². The van der Waals surface area contributed by atoms with Crippen LogP contribution in [0, 0.1) is 0 Å². The zero-order valence-electron chi connectivity index (χ0n) is 8.60. The Bertz CT molecular complexity index is 467. The molecule has 1 aromatic carbocycles. The van der Waals surface area contributed by atoms with Crippen molar-refractivity contribution in [3.05, 3.63) is 29.5 Å². The van der Waals surface area contributed by atoms with Crippen molar-refractivity contribution in [3.63, 3.8) is 0 Å². The van der Waals surface area contributed by atoms with Gasteiger partial charge in [0.1, 0.15) is 11.5 Å². The van der Waals surface area contributed by atoms with E-state index in [-0.39, 0.29) is 17.4 Å². The lowest BCUT2D eigenvalue weighted by atomic mass is 10.1. The van der Waals surface area contributed by atoms with Crippen molar-refractivity contribution < 1.29 is 19.7 Å². The predicted molar refractivity (Wildman–Crippen MR) is 56.5 cm³/mol. The minimum absolute atomic E-state index is 0.0577. The number of phenols is 1. The van der Waals surface area contributed by atoms with E-state index in [0.29, 0.717) is 11.3 Å². The first kappa shape index (κ1) is 10.5. The molecule has 1 atom stereocenters. The van der Waals surface area contributed by atoms with Crippen LogP contribution in [0.1, 0.15) is 12.5 Å². The molecule has 2 rings (SSSR count). The number of benzene rings is 1. The number of aromatic hydroxyl groups is 1. The third kappa shape index (κ3) is 1.99. The van der Waals surface area contributed by atoms with Gasteiger partial charge in [-0.1, -0.05) is 0 Å². The highest BCUT2D eigenvalue weighted by Crippen LogP contribution is 2.30. The van der Waals surface area contributed by atoms with E-state index in [1.165, 1.54) is 19.1 Å². The second-order valence-corrected chi connectivity index (χ2v) is 3.47. The molecular weight excluding hydrogens is 210 g/mol. The Labute approximate surface area is 92.0 Å². The maximum absolute atomic E-state index is 10.9. The van der Waals surface area contributed by atoms with Crippen molar-refractivity contribution in [3.8, 4) is 11.5 Å². The minimum atomic E-state index is -1.22. The molecule has 1 aromatic rings. The molecule has 1 unspecified atom stereocenters. The molecule has 0 radical (unpaired) electrons. The Morgan fingerprint density at radius 1 is 1.50 bits per heavy atom. The van der Waals surface area contributed by atoms with Crippen LogP contribution < -0.4 is 10.1 Å². The molecule has 16 heavy (non-hydrogen) atoms. The smallest absolute Gasteiger partial charge is 0.239 e. The molecule has 0 fully saturated rings. The highest BCUT2D eigenvalue weighted by Gasteiger charge is 2.21. The van der Waals surface area contributed by atoms with Crippen LogP contribution in [0.3, 0.4) is 0 Å². The lowest BCUT2D eigenvalue weighted by molar-refractivity contribution is -0.119. The van der Waals surface area contributed by atoms with Crippen LogP contribution in [-0.2, 0) is 4.79 Å². The molecule has 5 nitrogen and oxygen atoms in total. The Morgan fingerprint density at radius 2 is 2.25 bits per heavy atom. The van der Waals surface area contributed by atoms with Gasteiger partial charge in [0.25, 0.3) is 0 Å². The maximum Gasteiger partial charge on any atom is 0.239 e. The number of carbonyl (C=O) groups is 1. The van der Waals surface area contributed by atoms with E-state index >= 15 is 0 Å². The Hall–Kier alpha value is -2.01. The third-order valence-electron chi connectivity index (χ3n) is 2.13. The van der Waals surface area contributed by atoms with Crippen LogP contribution in [0.15, 0.2) is 23.9 Å². The topological polar surface area (TPSA) is 78.8 Å². The summed E-state index contributed by atoms with van der Waals surface area (Å²) in [6.45, 7) is 1.35. The summed E-state index contributed by atoms with van der Waals surface area (Å²) in [5.41, 5.74) is 0.970. The number of hydrogen-bond donors (Lipinski definition) is 3. The summed E-state index contributed by atoms with van der Waals surface area (Å²) in [4.78, 5) is 10.9. The molecule has 1 aliphatic heterocycles. The van der Waals surface area contributed by atoms with Gasteiger partial charge in [-0.3, -0.25) is 4.79 Å². The van der Waals surface area contributed by atoms with E-state index in [4.69, 9.17) is 4.74 Å². The van der Waals surface area contributed by atoms with Crippen LogP contribution >= 0.6 is 0 Å². The molecule has 0 aliphatic carbocycles. The van der Waals surface area contributed by atoms with Crippen molar-refractivity contribution in [1.82, 2.24) is 5.32 Å². The molecule has 5 heteroatoms. The molecule has 0 bridgehead atoms. The summed E-state index contributed by atoms with van der Waals surface area (Å²) in [6, 6.07) is 4.54. The van der Waals surface area contributed by atoms with Gasteiger partial charge in [-0.15, -0.1) is 0 Å². The summed E-state index contributed by atoms with van der Waals surface area (Å²) in [6.07, 6.45) is 0.378. The van der Waals surface area contributed by atoms with Crippen LogP contribution in [0.5, 0.6) is 11.5 Å². The second-order valence-electron chi connectivity index (χ2n) is 3.47. The number of nitrogens with one attached hydrogen (secondary N) is 1. The van der Waals surface area contributed by atoms with Crippen LogP contribution in [0.4, 0.5) is 0 Å². The molecule has 1 aliphatic rings. The summed E-state index contributed by atoms with van der Waals surface area (Å²) >= 11 is 0. The molecule has 0 aromatic heterocycles. The molecule has 3 N–H and O–H groups in total. The summed E-state index contributed by atoms with van der Waals surface area (Å²) in [5, 5.41) is 21.3. The molecular formula is C11H11NO4. The summed E-state index contributed by atoms with van der Waals surface area (Å²) in [5.74, 6) is 0.153. The quantitative estimate of drug-likeness (QED) is 0.648. The van der Waals surface area contributed by atoms with Crippen LogP contribution in [0.2, 0.25) is 0 Å². The number of aliphatic hydroxyl groups is 1. The molecule has 0 saturated heterocycles. The van der Waals surface area contributed by atoms with Gasteiger partial charge in [0.15, 0.2) is 0 Å². The third-order valence-corrected chi connectivity index (χ3v) is 2.13. The standard InChI is InChI=1S/C11H11NO4/c1-6(13)12-9-4-7-2-3-8(14)5-10(7)16-11(9)15/h2-5,11,14-15H,1H3,(H,12,13).